The summed E-state index contributed by atoms with van der Waals surface area (Å²) in [5.41, 5.74) is 2.70. The Balaban J connectivity index is 1.60. The second-order valence-electron chi connectivity index (χ2n) is 7.64. The first-order chi connectivity index (χ1) is 10.2. The van der Waals surface area contributed by atoms with Crippen LogP contribution in [0.1, 0.15) is 48.1 Å². The summed E-state index contributed by atoms with van der Waals surface area (Å²) in [5.74, 6) is 5.90. The lowest BCUT2D eigenvalue weighted by Gasteiger charge is -2.55. The van der Waals surface area contributed by atoms with Crippen molar-refractivity contribution in [3.05, 3.63) is 29.3 Å². The van der Waals surface area contributed by atoms with Gasteiger partial charge in [0.05, 0.1) is 7.11 Å². The number of halogens is 1. The number of hydrogen-bond acceptors (Lipinski definition) is 1. The molecule has 4 aliphatic carbocycles. The molecule has 4 fully saturated rings. The Morgan fingerprint density at radius 2 is 1.67 bits per heavy atom. The van der Waals surface area contributed by atoms with Crippen LogP contribution in [0.3, 0.4) is 0 Å². The molecule has 4 saturated carbocycles. The second kappa shape index (κ2) is 5.30. The highest BCUT2D eigenvalue weighted by Crippen LogP contribution is 2.60. The van der Waals surface area contributed by atoms with Gasteiger partial charge in [-0.1, -0.05) is 28.1 Å². The molecule has 1 aromatic carbocycles. The SMILES string of the molecule is COc1ccc(C(Br)C2C3CC4CC(C3)CC2C4)cc1C. The van der Waals surface area contributed by atoms with Crippen LogP contribution in [0.25, 0.3) is 0 Å². The van der Waals surface area contributed by atoms with Gasteiger partial charge in [0.25, 0.3) is 0 Å². The van der Waals surface area contributed by atoms with Gasteiger partial charge in [-0.2, -0.15) is 0 Å². The molecule has 0 radical (unpaired) electrons. The highest BCUT2D eigenvalue weighted by molar-refractivity contribution is 9.09. The van der Waals surface area contributed by atoms with E-state index in [4.69, 9.17) is 4.74 Å². The Bertz CT molecular complexity index is 510. The fraction of sp³-hybridized carbons (Fsp3) is 0.684. The van der Waals surface area contributed by atoms with E-state index in [0.29, 0.717) is 4.83 Å². The first kappa shape index (κ1) is 14.1. The van der Waals surface area contributed by atoms with Crippen molar-refractivity contribution < 1.29 is 4.74 Å². The van der Waals surface area contributed by atoms with E-state index in [2.05, 4.69) is 41.1 Å². The van der Waals surface area contributed by atoms with Crippen LogP contribution in [0.15, 0.2) is 18.2 Å². The predicted molar refractivity (Wildman–Crippen MR) is 89.9 cm³/mol. The van der Waals surface area contributed by atoms with E-state index in [1.807, 2.05) is 0 Å². The normalized spacial score (nSPS) is 38.5. The number of rotatable bonds is 3. The zero-order valence-electron chi connectivity index (χ0n) is 13.0. The third kappa shape index (κ3) is 2.34. The Hall–Kier alpha value is -0.500. The van der Waals surface area contributed by atoms with Crippen LogP contribution in [0.2, 0.25) is 0 Å². The van der Waals surface area contributed by atoms with Gasteiger partial charge in [0.15, 0.2) is 0 Å². The third-order valence-electron chi connectivity index (χ3n) is 6.37. The Morgan fingerprint density at radius 3 is 2.19 bits per heavy atom. The number of benzene rings is 1. The molecule has 0 aromatic heterocycles. The summed E-state index contributed by atoms with van der Waals surface area (Å²) >= 11 is 4.08. The lowest BCUT2D eigenvalue weighted by molar-refractivity contribution is -0.0364. The number of aryl methyl sites for hydroxylation is 1. The van der Waals surface area contributed by atoms with E-state index in [-0.39, 0.29) is 0 Å². The zero-order chi connectivity index (χ0) is 14.6. The molecule has 0 aliphatic heterocycles. The van der Waals surface area contributed by atoms with Gasteiger partial charge in [-0.05, 0) is 85.8 Å². The van der Waals surface area contributed by atoms with E-state index < -0.39 is 0 Å². The minimum atomic E-state index is 0.525. The van der Waals surface area contributed by atoms with E-state index >= 15 is 0 Å². The molecule has 21 heavy (non-hydrogen) atoms. The second-order valence-corrected chi connectivity index (χ2v) is 8.63. The Kier molecular flexibility index (Phi) is 3.56. The van der Waals surface area contributed by atoms with Crippen LogP contribution in [0, 0.1) is 36.5 Å². The Morgan fingerprint density at radius 1 is 1.05 bits per heavy atom. The van der Waals surface area contributed by atoms with E-state index in [1.54, 1.807) is 7.11 Å². The minimum absolute atomic E-state index is 0.525. The van der Waals surface area contributed by atoms with Crippen molar-refractivity contribution >= 4 is 15.9 Å². The molecule has 1 nitrogen and oxygen atoms in total. The van der Waals surface area contributed by atoms with Gasteiger partial charge in [0.2, 0.25) is 0 Å². The Labute approximate surface area is 136 Å². The molecule has 1 atom stereocenters. The first-order valence-electron chi connectivity index (χ1n) is 8.44. The van der Waals surface area contributed by atoms with Gasteiger partial charge in [0.1, 0.15) is 5.75 Å². The van der Waals surface area contributed by atoms with Crippen molar-refractivity contribution in [3.8, 4) is 5.75 Å². The average Bonchev–Trinajstić information content (AvgIpc) is 2.45. The molecule has 0 N–H and O–H groups in total. The molecule has 2 heteroatoms. The molecule has 1 aromatic rings. The minimum Gasteiger partial charge on any atom is -0.496 e. The molecule has 4 aliphatic rings. The molecular weight excluding hydrogens is 324 g/mol. The molecule has 5 rings (SSSR count). The van der Waals surface area contributed by atoms with Gasteiger partial charge in [-0.25, -0.2) is 0 Å². The van der Waals surface area contributed by atoms with Crippen LogP contribution in [-0.2, 0) is 0 Å². The fourth-order valence-electron chi connectivity index (χ4n) is 5.74. The summed E-state index contributed by atoms with van der Waals surface area (Å²) < 4.78 is 5.40. The molecule has 1 unspecified atom stereocenters. The summed E-state index contributed by atoms with van der Waals surface area (Å²) in [6.07, 6.45) is 7.52. The van der Waals surface area contributed by atoms with E-state index in [0.717, 1.165) is 35.3 Å². The number of hydrogen-bond donors (Lipinski definition) is 0. The maximum atomic E-state index is 5.40. The molecule has 114 valence electrons. The summed E-state index contributed by atoms with van der Waals surface area (Å²) in [6, 6.07) is 6.72. The smallest absolute Gasteiger partial charge is 0.121 e. The van der Waals surface area contributed by atoms with Crippen LogP contribution in [0.5, 0.6) is 5.75 Å². The van der Waals surface area contributed by atoms with Crippen molar-refractivity contribution in [2.45, 2.75) is 43.9 Å². The highest BCUT2D eigenvalue weighted by atomic mass is 79.9. The third-order valence-corrected chi connectivity index (χ3v) is 7.51. The summed E-state index contributed by atoms with van der Waals surface area (Å²) in [6.45, 7) is 2.15. The summed E-state index contributed by atoms with van der Waals surface area (Å²) in [5, 5.41) is 0. The van der Waals surface area contributed by atoms with Gasteiger partial charge in [0, 0.05) is 4.83 Å². The topological polar surface area (TPSA) is 9.23 Å². The lowest BCUT2D eigenvalue weighted by Crippen LogP contribution is -2.46. The molecule has 0 amide bonds. The van der Waals surface area contributed by atoms with Crippen molar-refractivity contribution in [2.75, 3.05) is 7.11 Å². The van der Waals surface area contributed by atoms with Crippen molar-refractivity contribution in [1.29, 1.82) is 0 Å². The summed E-state index contributed by atoms with van der Waals surface area (Å²) in [4.78, 5) is 0.525. The summed E-state index contributed by atoms with van der Waals surface area (Å²) in [7, 11) is 1.76. The van der Waals surface area contributed by atoms with Gasteiger partial charge in [-0.15, -0.1) is 0 Å². The molecule has 0 saturated heterocycles. The van der Waals surface area contributed by atoms with Crippen LogP contribution in [-0.4, -0.2) is 7.11 Å². The molecule has 0 heterocycles. The van der Waals surface area contributed by atoms with Crippen molar-refractivity contribution in [2.24, 2.45) is 29.6 Å². The van der Waals surface area contributed by atoms with Gasteiger partial charge in [-0.3, -0.25) is 0 Å². The molecular formula is C19H25BrO. The lowest BCUT2D eigenvalue weighted by atomic mass is 9.51. The first-order valence-corrected chi connectivity index (χ1v) is 9.36. The fourth-order valence-corrected chi connectivity index (χ4v) is 6.89. The number of alkyl halides is 1. The number of methoxy groups -OCH3 is 1. The monoisotopic (exact) mass is 348 g/mol. The largest absolute Gasteiger partial charge is 0.496 e. The number of ether oxygens (including phenoxy) is 1. The maximum Gasteiger partial charge on any atom is 0.121 e. The zero-order valence-corrected chi connectivity index (χ0v) is 14.6. The maximum absolute atomic E-state index is 5.40. The quantitative estimate of drug-likeness (QED) is 0.654. The van der Waals surface area contributed by atoms with Gasteiger partial charge < -0.3 is 4.74 Å². The molecule has 4 bridgehead atoms. The van der Waals surface area contributed by atoms with Crippen LogP contribution in [0.4, 0.5) is 0 Å². The standard InChI is InChI=1S/C19H25BrO/c1-11-5-14(3-4-17(11)21-2)19(20)18-15-7-12-6-13(9-15)10-16(18)8-12/h3-5,12-13,15-16,18-19H,6-10H2,1-2H3. The van der Waals surface area contributed by atoms with Gasteiger partial charge >= 0.3 is 0 Å². The predicted octanol–water partition coefficient (Wildman–Crippen LogP) is 5.51. The van der Waals surface area contributed by atoms with Crippen LogP contribution >= 0.6 is 15.9 Å². The highest BCUT2D eigenvalue weighted by Gasteiger charge is 2.50. The van der Waals surface area contributed by atoms with E-state index in [9.17, 15) is 0 Å². The van der Waals surface area contributed by atoms with Crippen molar-refractivity contribution in [3.63, 3.8) is 0 Å². The average molecular weight is 349 g/mol. The van der Waals surface area contributed by atoms with E-state index in [1.165, 1.54) is 43.2 Å². The van der Waals surface area contributed by atoms with Crippen molar-refractivity contribution in [1.82, 2.24) is 0 Å². The van der Waals surface area contributed by atoms with Crippen LogP contribution < -0.4 is 4.74 Å². The molecule has 0 spiro atoms.